The Balaban J connectivity index is 1.32. The van der Waals surface area contributed by atoms with E-state index in [1.807, 2.05) is 41.3 Å². The van der Waals surface area contributed by atoms with Gasteiger partial charge in [0.25, 0.3) is 0 Å². The van der Waals surface area contributed by atoms with Gasteiger partial charge in [0.05, 0.1) is 15.1 Å². The number of nitrogens with zero attached hydrogens (tertiary/aromatic N) is 3. The minimum Gasteiger partial charge on any atom is -0.343 e. The van der Waals surface area contributed by atoms with Gasteiger partial charge in [0.15, 0.2) is 0 Å². The second-order valence-electron chi connectivity index (χ2n) is 9.05. The number of hydrogen-bond donors (Lipinski definition) is 0. The minimum absolute atomic E-state index is 0.0724. The molecule has 0 N–H and O–H groups in total. The largest absolute Gasteiger partial charge is 0.343 e. The molecule has 1 saturated heterocycles. The highest BCUT2D eigenvalue weighted by Gasteiger charge is 2.27. The average Bonchev–Trinajstić information content (AvgIpc) is 3.22. The van der Waals surface area contributed by atoms with E-state index in [-0.39, 0.29) is 22.1 Å². The Morgan fingerprint density at radius 3 is 2.46 bits per heavy atom. The number of aromatic nitrogens is 1. The van der Waals surface area contributed by atoms with Crippen molar-refractivity contribution in [3.05, 3.63) is 69.8 Å². The third-order valence-electron chi connectivity index (χ3n) is 6.85. The lowest BCUT2D eigenvalue weighted by Crippen LogP contribution is -2.36. The number of piperidine rings is 1. The highest BCUT2D eigenvalue weighted by molar-refractivity contribution is 7.89. The molecular formula is C26H29N3O4S2. The second-order valence-corrected chi connectivity index (χ2v) is 12.0. The van der Waals surface area contributed by atoms with Crippen LogP contribution in [-0.2, 0) is 21.4 Å². The van der Waals surface area contributed by atoms with E-state index in [0.29, 0.717) is 36.3 Å². The van der Waals surface area contributed by atoms with Crippen molar-refractivity contribution in [3.63, 3.8) is 0 Å². The molecule has 0 unspecified atom stereocenters. The SMILES string of the molecule is O=C(CCn1c(=O)sc2cc(S(=O)(=O)N3CC=C(c4ccccc4)CC3)ccc21)N1CCCCC1. The maximum absolute atomic E-state index is 13.3. The van der Waals surface area contributed by atoms with E-state index in [1.165, 1.54) is 4.31 Å². The number of benzene rings is 2. The van der Waals surface area contributed by atoms with Gasteiger partial charge in [0.2, 0.25) is 15.9 Å². The highest BCUT2D eigenvalue weighted by Crippen LogP contribution is 2.28. The molecule has 1 amide bonds. The number of carbonyl (C=O) groups is 1. The Morgan fingerprint density at radius 1 is 0.971 bits per heavy atom. The van der Waals surface area contributed by atoms with Crippen LogP contribution >= 0.6 is 11.3 Å². The summed E-state index contributed by atoms with van der Waals surface area (Å²) < 4.78 is 30.3. The van der Waals surface area contributed by atoms with Crippen molar-refractivity contribution in [1.82, 2.24) is 13.8 Å². The summed E-state index contributed by atoms with van der Waals surface area (Å²) in [5.41, 5.74) is 2.95. The Morgan fingerprint density at radius 2 is 1.74 bits per heavy atom. The Labute approximate surface area is 209 Å². The summed E-state index contributed by atoms with van der Waals surface area (Å²) in [5.74, 6) is 0.0724. The number of rotatable bonds is 6. The first-order valence-corrected chi connectivity index (χ1v) is 14.3. The molecule has 5 rings (SSSR count). The van der Waals surface area contributed by atoms with Crippen LogP contribution < -0.4 is 4.87 Å². The quantitative estimate of drug-likeness (QED) is 0.502. The number of aryl methyl sites for hydroxylation is 1. The number of fused-ring (bicyclic) bond motifs is 1. The molecule has 2 aliphatic heterocycles. The lowest BCUT2D eigenvalue weighted by Gasteiger charge is -2.26. The fourth-order valence-electron chi connectivity index (χ4n) is 4.86. The van der Waals surface area contributed by atoms with Crippen LogP contribution in [0, 0.1) is 0 Å². The number of hydrogen-bond acceptors (Lipinski definition) is 5. The highest BCUT2D eigenvalue weighted by atomic mass is 32.2. The van der Waals surface area contributed by atoms with E-state index < -0.39 is 10.0 Å². The molecule has 184 valence electrons. The summed E-state index contributed by atoms with van der Waals surface area (Å²) in [6, 6.07) is 14.9. The van der Waals surface area contributed by atoms with Gasteiger partial charge in [-0.2, -0.15) is 4.31 Å². The lowest BCUT2D eigenvalue weighted by molar-refractivity contribution is -0.132. The van der Waals surface area contributed by atoms with Gasteiger partial charge in [0.1, 0.15) is 0 Å². The first kappa shape index (κ1) is 24.0. The molecule has 0 bridgehead atoms. The number of carbonyl (C=O) groups excluding carboxylic acids is 1. The average molecular weight is 512 g/mol. The molecule has 3 aromatic rings. The van der Waals surface area contributed by atoms with Gasteiger partial charge < -0.3 is 4.90 Å². The van der Waals surface area contributed by atoms with E-state index in [2.05, 4.69) is 0 Å². The van der Waals surface area contributed by atoms with Crippen LogP contribution in [0.3, 0.4) is 0 Å². The first-order chi connectivity index (χ1) is 16.9. The predicted octanol–water partition coefficient (Wildman–Crippen LogP) is 3.94. The molecule has 2 aliphatic rings. The van der Waals surface area contributed by atoms with Gasteiger partial charge in [-0.1, -0.05) is 47.7 Å². The summed E-state index contributed by atoms with van der Waals surface area (Å²) in [5, 5.41) is 0. The Bertz CT molecular complexity index is 1420. The zero-order valence-corrected chi connectivity index (χ0v) is 21.2. The van der Waals surface area contributed by atoms with Crippen LogP contribution in [0.25, 0.3) is 15.8 Å². The third kappa shape index (κ3) is 4.98. The summed E-state index contributed by atoms with van der Waals surface area (Å²) in [6.45, 7) is 2.62. The molecule has 7 nitrogen and oxygen atoms in total. The van der Waals surface area contributed by atoms with Crippen molar-refractivity contribution in [2.45, 2.75) is 43.5 Å². The molecule has 3 heterocycles. The Kier molecular flexibility index (Phi) is 6.91. The maximum atomic E-state index is 13.3. The number of thiazole rings is 1. The predicted molar refractivity (Wildman–Crippen MR) is 139 cm³/mol. The van der Waals surface area contributed by atoms with Crippen LogP contribution in [0.15, 0.2) is 64.3 Å². The standard InChI is InChI=1S/C26H29N3O4S2/c30-25(27-14-5-2-6-15-27)13-18-29-23-10-9-22(19-24(23)34-26(29)31)35(32,33)28-16-11-21(12-17-28)20-7-3-1-4-8-20/h1,3-4,7-11,19H,2,5-6,12-18H2. The molecule has 1 fully saturated rings. The zero-order chi connectivity index (χ0) is 24.4. The van der Waals surface area contributed by atoms with Crippen LogP contribution in [0.2, 0.25) is 0 Å². The number of amides is 1. The molecular weight excluding hydrogens is 482 g/mol. The van der Waals surface area contributed by atoms with Gasteiger partial charge >= 0.3 is 4.87 Å². The molecule has 0 saturated carbocycles. The normalized spacial score (nSPS) is 17.5. The molecule has 35 heavy (non-hydrogen) atoms. The molecule has 0 aliphatic carbocycles. The van der Waals surface area contributed by atoms with Gasteiger partial charge in [-0.3, -0.25) is 14.2 Å². The topological polar surface area (TPSA) is 79.7 Å². The van der Waals surface area contributed by atoms with E-state index in [1.54, 1.807) is 22.8 Å². The number of sulfonamides is 1. The van der Waals surface area contributed by atoms with Crippen LogP contribution in [-0.4, -0.2) is 54.3 Å². The molecule has 0 radical (unpaired) electrons. The van der Waals surface area contributed by atoms with E-state index in [9.17, 15) is 18.0 Å². The summed E-state index contributed by atoms with van der Waals surface area (Å²) >= 11 is 1.03. The molecule has 0 spiro atoms. The van der Waals surface area contributed by atoms with Crippen molar-refractivity contribution in [3.8, 4) is 0 Å². The van der Waals surface area contributed by atoms with Crippen molar-refractivity contribution in [2.24, 2.45) is 0 Å². The Hall–Kier alpha value is -2.75. The molecule has 9 heteroatoms. The van der Waals surface area contributed by atoms with Crippen LogP contribution in [0.1, 0.15) is 37.7 Å². The maximum Gasteiger partial charge on any atom is 0.308 e. The fourth-order valence-corrected chi connectivity index (χ4v) is 7.30. The minimum atomic E-state index is -3.68. The second kappa shape index (κ2) is 10.1. The molecule has 2 aromatic carbocycles. The van der Waals surface area contributed by atoms with E-state index in [4.69, 9.17) is 0 Å². The van der Waals surface area contributed by atoms with Gasteiger partial charge in [-0.15, -0.1) is 0 Å². The van der Waals surface area contributed by atoms with Crippen LogP contribution in [0.5, 0.6) is 0 Å². The monoisotopic (exact) mass is 511 g/mol. The number of likely N-dealkylation sites (tertiary alicyclic amines) is 1. The summed E-state index contributed by atoms with van der Waals surface area (Å²) in [4.78, 5) is 27.1. The molecule has 1 aromatic heterocycles. The van der Waals surface area contributed by atoms with Crippen molar-refractivity contribution >= 4 is 43.1 Å². The van der Waals surface area contributed by atoms with Gasteiger partial charge in [-0.25, -0.2) is 8.42 Å². The van der Waals surface area contributed by atoms with Crippen molar-refractivity contribution in [2.75, 3.05) is 26.2 Å². The lowest BCUT2D eigenvalue weighted by atomic mass is 10.0. The van der Waals surface area contributed by atoms with E-state index >= 15 is 0 Å². The van der Waals surface area contributed by atoms with E-state index in [0.717, 1.165) is 54.8 Å². The van der Waals surface area contributed by atoms with Crippen molar-refractivity contribution in [1.29, 1.82) is 0 Å². The third-order valence-corrected chi connectivity index (χ3v) is 9.66. The van der Waals surface area contributed by atoms with Gasteiger partial charge in [-0.05, 0) is 55.0 Å². The molecule has 0 atom stereocenters. The first-order valence-electron chi connectivity index (χ1n) is 12.1. The fraction of sp³-hybridized carbons (Fsp3) is 0.385. The van der Waals surface area contributed by atoms with Crippen LogP contribution in [0.4, 0.5) is 0 Å². The smallest absolute Gasteiger partial charge is 0.308 e. The summed E-state index contributed by atoms with van der Waals surface area (Å²) in [7, 11) is -3.68. The van der Waals surface area contributed by atoms with Crippen molar-refractivity contribution < 1.29 is 13.2 Å². The summed E-state index contributed by atoms with van der Waals surface area (Å²) in [6.07, 6.45) is 6.12. The van der Waals surface area contributed by atoms with Gasteiger partial charge in [0, 0.05) is 39.1 Å². The zero-order valence-electron chi connectivity index (χ0n) is 19.6.